The molecule has 1 unspecified atom stereocenters. The van der Waals surface area contributed by atoms with Crippen LogP contribution in [0.3, 0.4) is 0 Å². The molecule has 2 aliphatic heterocycles. The summed E-state index contributed by atoms with van der Waals surface area (Å²) < 4.78 is 37.9. The average molecular weight is 452 g/mol. The molecule has 166 valence electrons. The summed E-state index contributed by atoms with van der Waals surface area (Å²) in [7, 11) is 0. The number of urea groups is 1. The van der Waals surface area contributed by atoms with Gasteiger partial charge < -0.3 is 25.0 Å². The van der Waals surface area contributed by atoms with Crippen molar-refractivity contribution < 1.29 is 23.0 Å². The molecule has 0 aromatic heterocycles. The lowest BCUT2D eigenvalue weighted by Crippen LogP contribution is -2.38. The molecule has 31 heavy (non-hydrogen) atoms. The predicted octanol–water partition coefficient (Wildman–Crippen LogP) is 4.11. The molecule has 0 saturated carbocycles. The van der Waals surface area contributed by atoms with Crippen LogP contribution in [-0.4, -0.2) is 38.9 Å². The number of anilines is 1. The number of hydrogen-bond donors (Lipinski definition) is 2. The number of benzene rings is 2. The van der Waals surface area contributed by atoms with Gasteiger partial charge in [-0.25, -0.2) is 13.6 Å². The van der Waals surface area contributed by atoms with Crippen LogP contribution in [0.4, 0.5) is 19.3 Å². The fraction of sp³-hybridized carbons (Fsp3) is 0.409. The minimum absolute atomic E-state index is 0.228. The molecule has 2 heterocycles. The van der Waals surface area contributed by atoms with E-state index in [1.54, 1.807) is 12.1 Å². The summed E-state index contributed by atoms with van der Waals surface area (Å²) in [5.41, 5.74) is 1.46. The normalized spacial score (nSPS) is 17.9. The maximum atomic E-state index is 13.5. The third kappa shape index (κ3) is 5.31. The number of carbonyl (C=O) groups excluding carboxylic acids is 1. The lowest BCUT2D eigenvalue weighted by molar-refractivity contribution is 0.239. The zero-order chi connectivity index (χ0) is 21.8. The monoisotopic (exact) mass is 451 g/mol. The number of amides is 2. The minimum Gasteiger partial charge on any atom is -0.489 e. The van der Waals surface area contributed by atoms with E-state index in [0.29, 0.717) is 55.1 Å². The van der Waals surface area contributed by atoms with E-state index < -0.39 is 11.6 Å². The molecule has 0 spiro atoms. The van der Waals surface area contributed by atoms with E-state index in [4.69, 9.17) is 21.1 Å². The molecule has 1 atom stereocenters. The Bertz CT molecular complexity index is 960. The molecule has 0 bridgehead atoms. The number of nitrogens with one attached hydrogen (secondary N) is 2. The first-order chi connectivity index (χ1) is 15.0. The van der Waals surface area contributed by atoms with Gasteiger partial charge in [-0.1, -0.05) is 11.6 Å². The summed E-state index contributed by atoms with van der Waals surface area (Å²) in [5, 5.41) is 6.15. The Morgan fingerprint density at radius 1 is 1.13 bits per heavy atom. The summed E-state index contributed by atoms with van der Waals surface area (Å²) in [4.78, 5) is 14.2. The Morgan fingerprint density at radius 2 is 1.97 bits per heavy atom. The van der Waals surface area contributed by atoms with Crippen molar-refractivity contribution in [2.75, 3.05) is 37.7 Å². The van der Waals surface area contributed by atoms with E-state index in [-0.39, 0.29) is 11.9 Å². The van der Waals surface area contributed by atoms with E-state index >= 15 is 0 Å². The molecule has 0 radical (unpaired) electrons. The number of carbonyl (C=O) groups is 1. The second-order valence-corrected chi connectivity index (χ2v) is 8.13. The van der Waals surface area contributed by atoms with Crippen LogP contribution in [0.15, 0.2) is 30.3 Å². The fourth-order valence-corrected chi connectivity index (χ4v) is 4.07. The number of ether oxygens (including phenoxy) is 2. The van der Waals surface area contributed by atoms with Gasteiger partial charge >= 0.3 is 6.03 Å². The van der Waals surface area contributed by atoms with E-state index in [1.165, 1.54) is 6.07 Å². The SMILES string of the molecule is O=C(NCc1cc(Cl)c2c(c1)OCCCO2)NCC1CCN(c2ccc(F)c(F)c2)C1. The third-order valence-electron chi connectivity index (χ3n) is 5.42. The van der Waals surface area contributed by atoms with Crippen LogP contribution in [0.2, 0.25) is 5.02 Å². The van der Waals surface area contributed by atoms with Gasteiger partial charge in [0.1, 0.15) is 0 Å². The average Bonchev–Trinajstić information content (AvgIpc) is 3.10. The molecular weight excluding hydrogens is 428 g/mol. The van der Waals surface area contributed by atoms with Gasteiger partial charge in [-0.05, 0) is 42.2 Å². The van der Waals surface area contributed by atoms with Crippen molar-refractivity contribution in [3.63, 3.8) is 0 Å². The zero-order valence-electron chi connectivity index (χ0n) is 16.9. The molecule has 2 aromatic rings. The van der Waals surface area contributed by atoms with Crippen molar-refractivity contribution in [3.8, 4) is 11.5 Å². The summed E-state index contributed by atoms with van der Waals surface area (Å²) in [6.45, 7) is 3.31. The van der Waals surface area contributed by atoms with Gasteiger partial charge in [-0.15, -0.1) is 0 Å². The van der Waals surface area contributed by atoms with Crippen LogP contribution >= 0.6 is 11.6 Å². The van der Waals surface area contributed by atoms with Gasteiger partial charge in [0.05, 0.1) is 18.2 Å². The van der Waals surface area contributed by atoms with Crippen molar-refractivity contribution in [1.82, 2.24) is 10.6 Å². The summed E-state index contributed by atoms with van der Waals surface area (Å²) in [5.74, 6) is -0.350. The van der Waals surface area contributed by atoms with E-state index in [1.807, 2.05) is 11.0 Å². The molecule has 2 amide bonds. The minimum atomic E-state index is -0.854. The van der Waals surface area contributed by atoms with Crippen LogP contribution in [0.1, 0.15) is 18.4 Å². The number of rotatable bonds is 5. The number of fused-ring (bicyclic) bond motifs is 1. The second kappa shape index (κ2) is 9.60. The van der Waals surface area contributed by atoms with Gasteiger partial charge in [0.2, 0.25) is 0 Å². The highest BCUT2D eigenvalue weighted by Gasteiger charge is 2.24. The van der Waals surface area contributed by atoms with Crippen LogP contribution in [-0.2, 0) is 6.54 Å². The quantitative estimate of drug-likeness (QED) is 0.718. The van der Waals surface area contributed by atoms with Crippen LogP contribution in [0, 0.1) is 17.6 Å². The first-order valence-electron chi connectivity index (χ1n) is 10.3. The molecule has 2 aromatic carbocycles. The summed E-state index contributed by atoms with van der Waals surface area (Å²) >= 11 is 6.28. The maximum absolute atomic E-state index is 13.5. The molecule has 2 N–H and O–H groups in total. The number of nitrogens with zero attached hydrogens (tertiary/aromatic N) is 1. The highest BCUT2D eigenvalue weighted by Crippen LogP contribution is 2.38. The Morgan fingerprint density at radius 3 is 2.81 bits per heavy atom. The van der Waals surface area contributed by atoms with Crippen molar-refractivity contribution >= 4 is 23.3 Å². The molecule has 1 saturated heterocycles. The first kappa shape index (κ1) is 21.5. The Kier molecular flexibility index (Phi) is 6.65. The van der Waals surface area contributed by atoms with Crippen LogP contribution < -0.4 is 25.0 Å². The number of hydrogen-bond acceptors (Lipinski definition) is 4. The molecule has 9 heteroatoms. The van der Waals surface area contributed by atoms with Crippen molar-refractivity contribution in [2.45, 2.75) is 19.4 Å². The standard InChI is InChI=1S/C22H24ClF2N3O3/c23-17-8-15(9-20-21(17)31-7-1-6-30-20)12-27-22(29)26-11-14-4-5-28(13-14)16-2-3-18(24)19(25)10-16/h2-3,8-10,14H,1,4-7,11-13H2,(H2,26,27,29). The highest BCUT2D eigenvalue weighted by molar-refractivity contribution is 6.32. The predicted molar refractivity (Wildman–Crippen MR) is 114 cm³/mol. The first-order valence-corrected chi connectivity index (χ1v) is 10.7. The zero-order valence-corrected chi connectivity index (χ0v) is 17.7. The maximum Gasteiger partial charge on any atom is 0.315 e. The second-order valence-electron chi connectivity index (χ2n) is 7.72. The Labute approximate surface area is 184 Å². The summed E-state index contributed by atoms with van der Waals surface area (Å²) in [6.07, 6.45) is 1.65. The topological polar surface area (TPSA) is 62.8 Å². The van der Waals surface area contributed by atoms with Gasteiger partial charge in [-0.3, -0.25) is 0 Å². The van der Waals surface area contributed by atoms with Gasteiger partial charge in [0.15, 0.2) is 23.1 Å². The summed E-state index contributed by atoms with van der Waals surface area (Å²) in [6, 6.07) is 7.21. The van der Waals surface area contributed by atoms with Crippen LogP contribution in [0.25, 0.3) is 0 Å². The molecule has 6 nitrogen and oxygen atoms in total. The molecular formula is C22H24ClF2N3O3. The fourth-order valence-electron chi connectivity index (χ4n) is 3.78. The van der Waals surface area contributed by atoms with Crippen molar-refractivity contribution in [1.29, 1.82) is 0 Å². The van der Waals surface area contributed by atoms with E-state index in [9.17, 15) is 13.6 Å². The van der Waals surface area contributed by atoms with E-state index in [0.717, 1.165) is 31.0 Å². The van der Waals surface area contributed by atoms with Crippen molar-refractivity contribution in [2.24, 2.45) is 5.92 Å². The molecule has 4 rings (SSSR count). The van der Waals surface area contributed by atoms with Gasteiger partial charge in [0, 0.05) is 44.4 Å². The lowest BCUT2D eigenvalue weighted by Gasteiger charge is -2.19. The van der Waals surface area contributed by atoms with E-state index in [2.05, 4.69) is 10.6 Å². The number of halogens is 3. The third-order valence-corrected chi connectivity index (χ3v) is 5.70. The van der Waals surface area contributed by atoms with Crippen molar-refractivity contribution in [3.05, 3.63) is 52.6 Å². The largest absolute Gasteiger partial charge is 0.489 e. The smallest absolute Gasteiger partial charge is 0.315 e. The molecule has 1 fully saturated rings. The Hall–Kier alpha value is -2.74. The van der Waals surface area contributed by atoms with Gasteiger partial charge in [-0.2, -0.15) is 0 Å². The van der Waals surface area contributed by atoms with Crippen LogP contribution in [0.5, 0.6) is 11.5 Å². The van der Waals surface area contributed by atoms with Gasteiger partial charge in [0.25, 0.3) is 0 Å². The molecule has 2 aliphatic rings. The Balaban J connectivity index is 1.24. The highest BCUT2D eigenvalue weighted by atomic mass is 35.5. The molecule has 0 aliphatic carbocycles. The lowest BCUT2D eigenvalue weighted by atomic mass is 10.1.